The molecule has 3 nitrogen and oxygen atoms in total. The van der Waals surface area contributed by atoms with Gasteiger partial charge in [-0.3, -0.25) is 4.79 Å². The van der Waals surface area contributed by atoms with Gasteiger partial charge in [-0.1, -0.05) is 48.5 Å². The van der Waals surface area contributed by atoms with Gasteiger partial charge in [-0.25, -0.2) is 0 Å². The quantitative estimate of drug-likeness (QED) is 0.345. The zero-order valence-corrected chi connectivity index (χ0v) is 19.6. The van der Waals surface area contributed by atoms with Crippen molar-refractivity contribution in [1.82, 2.24) is 0 Å². The lowest BCUT2D eigenvalue weighted by Gasteiger charge is -2.31. The van der Waals surface area contributed by atoms with Crippen molar-refractivity contribution in [1.29, 1.82) is 0 Å². The number of aryl methyl sites for hydroxylation is 1. The van der Waals surface area contributed by atoms with Crippen LogP contribution in [0.25, 0.3) is 10.8 Å². The van der Waals surface area contributed by atoms with Crippen LogP contribution in [-0.2, 0) is 22.1 Å². The molecular formula is C28H30F3NO2. The van der Waals surface area contributed by atoms with Crippen molar-refractivity contribution >= 4 is 22.4 Å². The molecule has 0 saturated heterocycles. The van der Waals surface area contributed by atoms with E-state index in [9.17, 15) is 18.0 Å². The maximum Gasteiger partial charge on any atom is 0.416 e. The maximum absolute atomic E-state index is 13.8. The van der Waals surface area contributed by atoms with Crippen molar-refractivity contribution < 1.29 is 22.7 Å². The molecule has 0 amide bonds. The highest BCUT2D eigenvalue weighted by molar-refractivity contribution is 5.94. The first-order valence-corrected chi connectivity index (χ1v) is 11.8. The van der Waals surface area contributed by atoms with Crippen LogP contribution in [0.4, 0.5) is 18.9 Å². The second kappa shape index (κ2) is 10.1. The van der Waals surface area contributed by atoms with Gasteiger partial charge in [0.25, 0.3) is 0 Å². The van der Waals surface area contributed by atoms with E-state index in [4.69, 9.17) is 0 Å². The Labute approximate surface area is 198 Å². The molecule has 0 bridgehead atoms. The average Bonchev–Trinajstić information content (AvgIpc) is 3.32. The molecular weight excluding hydrogens is 439 g/mol. The van der Waals surface area contributed by atoms with Crippen molar-refractivity contribution in [2.45, 2.75) is 57.2 Å². The Morgan fingerprint density at radius 3 is 2.56 bits per heavy atom. The number of halogens is 3. The highest BCUT2D eigenvalue weighted by Crippen LogP contribution is 2.42. The van der Waals surface area contributed by atoms with E-state index in [2.05, 4.69) is 46.9 Å². The van der Waals surface area contributed by atoms with Gasteiger partial charge in [0.15, 0.2) is 0 Å². The minimum atomic E-state index is -4.46. The summed E-state index contributed by atoms with van der Waals surface area (Å²) >= 11 is 0. The second-order valence-electron chi connectivity index (χ2n) is 8.94. The summed E-state index contributed by atoms with van der Waals surface area (Å²) in [6.45, 7) is 2.97. The van der Waals surface area contributed by atoms with Crippen LogP contribution < -0.4 is 4.90 Å². The molecule has 4 rings (SSSR count). The molecule has 0 aliphatic heterocycles. The van der Waals surface area contributed by atoms with Gasteiger partial charge < -0.3 is 9.64 Å². The van der Waals surface area contributed by atoms with Gasteiger partial charge in [-0.2, -0.15) is 13.2 Å². The Morgan fingerprint density at radius 2 is 1.82 bits per heavy atom. The molecule has 3 aromatic rings. The summed E-state index contributed by atoms with van der Waals surface area (Å²) in [6.07, 6.45) is -1.91. The predicted octanol–water partition coefficient (Wildman–Crippen LogP) is 7.13. The molecule has 1 aliphatic rings. The van der Waals surface area contributed by atoms with Crippen LogP contribution in [0, 0.1) is 0 Å². The number of benzene rings is 3. The topological polar surface area (TPSA) is 29.5 Å². The number of hydrogen-bond acceptors (Lipinski definition) is 3. The van der Waals surface area contributed by atoms with Crippen molar-refractivity contribution in [3.63, 3.8) is 0 Å². The van der Waals surface area contributed by atoms with E-state index in [-0.39, 0.29) is 30.4 Å². The number of esters is 1. The third-order valence-corrected chi connectivity index (χ3v) is 7.00. The van der Waals surface area contributed by atoms with E-state index in [1.165, 1.54) is 35.7 Å². The predicted molar refractivity (Wildman–Crippen MR) is 129 cm³/mol. The van der Waals surface area contributed by atoms with Crippen LogP contribution in [-0.4, -0.2) is 25.7 Å². The maximum atomic E-state index is 13.8. The van der Waals surface area contributed by atoms with Crippen LogP contribution in [0.1, 0.15) is 55.2 Å². The Balaban J connectivity index is 1.57. The number of anilines is 1. The second-order valence-corrected chi connectivity index (χ2v) is 8.94. The number of methoxy groups -OCH3 is 1. The van der Waals surface area contributed by atoms with Gasteiger partial charge in [-0.05, 0) is 67.2 Å². The van der Waals surface area contributed by atoms with Crippen LogP contribution in [0.2, 0.25) is 0 Å². The molecule has 1 saturated carbocycles. The zero-order chi connectivity index (χ0) is 24.3. The molecule has 0 aromatic heterocycles. The number of carbonyl (C=O) groups is 1. The minimum Gasteiger partial charge on any atom is -0.469 e. The lowest BCUT2D eigenvalue weighted by Crippen LogP contribution is -2.33. The molecule has 3 aromatic carbocycles. The Morgan fingerprint density at radius 1 is 1.06 bits per heavy atom. The summed E-state index contributed by atoms with van der Waals surface area (Å²) < 4.78 is 46.1. The molecule has 1 fully saturated rings. The van der Waals surface area contributed by atoms with E-state index in [0.29, 0.717) is 0 Å². The average molecular weight is 470 g/mol. The van der Waals surface area contributed by atoms with Gasteiger partial charge in [0.1, 0.15) is 0 Å². The van der Waals surface area contributed by atoms with Gasteiger partial charge in [-0.15, -0.1) is 0 Å². The molecule has 2 unspecified atom stereocenters. The van der Waals surface area contributed by atoms with Crippen LogP contribution in [0.15, 0.2) is 60.7 Å². The SMILES string of the molecule is CCN(c1cccc2ccccc12)C1CCC(c2ccc(CCC(=O)OC)c(C(F)(F)F)c2)C1. The van der Waals surface area contributed by atoms with Gasteiger partial charge >= 0.3 is 12.1 Å². The molecule has 2 atom stereocenters. The summed E-state index contributed by atoms with van der Waals surface area (Å²) in [5.41, 5.74) is 1.41. The molecule has 180 valence electrons. The lowest BCUT2D eigenvalue weighted by atomic mass is 9.92. The Hall–Kier alpha value is -3.02. The number of alkyl halides is 3. The molecule has 6 heteroatoms. The summed E-state index contributed by atoms with van der Waals surface area (Å²) in [6, 6.07) is 19.5. The number of hydrogen-bond donors (Lipinski definition) is 0. The van der Waals surface area contributed by atoms with Crippen molar-refractivity contribution in [2.24, 2.45) is 0 Å². The van der Waals surface area contributed by atoms with E-state index in [0.717, 1.165) is 31.4 Å². The normalized spacial score (nSPS) is 18.3. The minimum absolute atomic E-state index is 0.0137. The molecule has 0 spiro atoms. The van der Waals surface area contributed by atoms with Gasteiger partial charge in [0.2, 0.25) is 0 Å². The first-order chi connectivity index (χ1) is 16.3. The largest absolute Gasteiger partial charge is 0.469 e. The molecule has 0 radical (unpaired) electrons. The highest BCUT2D eigenvalue weighted by atomic mass is 19.4. The number of carbonyl (C=O) groups excluding carboxylic acids is 1. The molecule has 34 heavy (non-hydrogen) atoms. The first-order valence-electron chi connectivity index (χ1n) is 11.8. The summed E-state index contributed by atoms with van der Waals surface area (Å²) in [7, 11) is 1.24. The Kier molecular flexibility index (Phi) is 7.15. The summed E-state index contributed by atoms with van der Waals surface area (Å²) in [4.78, 5) is 13.8. The third-order valence-electron chi connectivity index (χ3n) is 7.00. The van der Waals surface area contributed by atoms with Crippen LogP contribution >= 0.6 is 0 Å². The standard InChI is InChI=1S/C28H30F3NO2/c1-3-32(26-10-6-8-19-7-4-5-9-24(19)26)23-15-13-21(17-23)22-12-11-20(14-16-27(33)34-2)25(18-22)28(29,30)31/h4-12,18,21,23H,3,13-17H2,1-2H3. The van der Waals surface area contributed by atoms with Crippen LogP contribution in [0.5, 0.6) is 0 Å². The number of nitrogens with zero attached hydrogens (tertiary/aromatic N) is 1. The Bertz CT molecular complexity index is 1150. The fourth-order valence-corrected chi connectivity index (χ4v) is 5.30. The van der Waals surface area contributed by atoms with Crippen molar-refractivity contribution in [2.75, 3.05) is 18.6 Å². The summed E-state index contributed by atoms with van der Waals surface area (Å²) in [5, 5.41) is 2.38. The number of ether oxygens (including phenoxy) is 1. The zero-order valence-electron chi connectivity index (χ0n) is 19.6. The molecule has 0 N–H and O–H groups in total. The van der Waals surface area contributed by atoms with E-state index < -0.39 is 17.7 Å². The first kappa shape index (κ1) is 24.1. The highest BCUT2D eigenvalue weighted by Gasteiger charge is 2.36. The van der Waals surface area contributed by atoms with E-state index in [1.54, 1.807) is 0 Å². The van der Waals surface area contributed by atoms with Crippen LogP contribution in [0.3, 0.4) is 0 Å². The monoisotopic (exact) mass is 469 g/mol. The number of rotatable bonds is 7. The van der Waals surface area contributed by atoms with E-state index in [1.807, 2.05) is 18.2 Å². The molecule has 0 heterocycles. The summed E-state index contributed by atoms with van der Waals surface area (Å²) in [5.74, 6) is -0.436. The lowest BCUT2D eigenvalue weighted by molar-refractivity contribution is -0.142. The fraction of sp³-hybridized carbons (Fsp3) is 0.393. The molecule has 1 aliphatic carbocycles. The number of fused-ring (bicyclic) bond motifs is 1. The third kappa shape index (κ3) is 5.06. The van der Waals surface area contributed by atoms with Crippen molar-refractivity contribution in [3.05, 3.63) is 77.4 Å². The smallest absolute Gasteiger partial charge is 0.416 e. The van der Waals surface area contributed by atoms with E-state index >= 15 is 0 Å². The van der Waals surface area contributed by atoms with Crippen molar-refractivity contribution in [3.8, 4) is 0 Å². The fourth-order valence-electron chi connectivity index (χ4n) is 5.30. The van der Waals surface area contributed by atoms with Gasteiger partial charge in [0, 0.05) is 30.1 Å². The van der Waals surface area contributed by atoms with Gasteiger partial charge in [0.05, 0.1) is 12.7 Å².